The Balaban J connectivity index is 1.97. The van der Waals surface area contributed by atoms with Crippen LogP contribution in [0.4, 0.5) is 13.2 Å². The number of aliphatic hydroxyl groups is 1. The summed E-state index contributed by atoms with van der Waals surface area (Å²) in [6.07, 6.45) is -3.29. The van der Waals surface area contributed by atoms with Gasteiger partial charge in [-0.15, -0.1) is 13.2 Å². The van der Waals surface area contributed by atoms with Gasteiger partial charge in [-0.1, -0.05) is 20.8 Å². The minimum atomic E-state index is -4.89. The molecule has 0 spiro atoms. The smallest absolute Gasteiger partial charge is 0.406 e. The average molecular weight is 501 g/mol. The van der Waals surface area contributed by atoms with Crippen molar-refractivity contribution in [3.63, 3.8) is 0 Å². The summed E-state index contributed by atoms with van der Waals surface area (Å²) in [6.45, 7) is 6.71. The van der Waals surface area contributed by atoms with Crippen LogP contribution < -0.4 is 15.4 Å². The third-order valence-electron chi connectivity index (χ3n) is 5.76. The quantitative estimate of drug-likeness (QED) is 0.514. The summed E-state index contributed by atoms with van der Waals surface area (Å²) in [7, 11) is 0. The molecule has 35 heavy (non-hydrogen) atoms. The van der Waals surface area contributed by atoms with Gasteiger partial charge in [0.1, 0.15) is 11.8 Å². The van der Waals surface area contributed by atoms with Gasteiger partial charge in [0.25, 0.3) is 5.91 Å². The fraction of sp³-hybridized carbons (Fsp3) is 0.609. The van der Waals surface area contributed by atoms with Gasteiger partial charge in [0.05, 0.1) is 12.1 Å². The van der Waals surface area contributed by atoms with Gasteiger partial charge in [-0.25, -0.2) is 0 Å². The number of nitrogens with zero attached hydrogens (tertiary/aromatic N) is 2. The first-order valence-corrected chi connectivity index (χ1v) is 11.4. The fourth-order valence-electron chi connectivity index (χ4n) is 3.99. The number of alkyl halides is 3. The topological polar surface area (TPSA) is 115 Å². The molecular weight excluding hydrogens is 469 g/mol. The Morgan fingerprint density at radius 2 is 1.94 bits per heavy atom. The monoisotopic (exact) mass is 500 g/mol. The minimum absolute atomic E-state index is 0.0160. The lowest BCUT2D eigenvalue weighted by molar-refractivity contribution is -0.274. The zero-order valence-corrected chi connectivity index (χ0v) is 19.9. The lowest BCUT2D eigenvalue weighted by Crippen LogP contribution is -2.54. The van der Waals surface area contributed by atoms with Gasteiger partial charge in [0, 0.05) is 31.7 Å². The number of carbonyl (C=O) groups is 2. The van der Waals surface area contributed by atoms with Crippen molar-refractivity contribution in [1.29, 1.82) is 0 Å². The van der Waals surface area contributed by atoms with Crippen molar-refractivity contribution in [2.75, 3.05) is 26.4 Å². The second kappa shape index (κ2) is 10.8. The van der Waals surface area contributed by atoms with E-state index in [1.807, 2.05) is 0 Å². The van der Waals surface area contributed by atoms with E-state index in [0.717, 1.165) is 18.9 Å². The first kappa shape index (κ1) is 26.7. The molecule has 194 valence electrons. The maximum absolute atomic E-state index is 13.3. The Kier molecular flexibility index (Phi) is 8.26. The van der Waals surface area contributed by atoms with Gasteiger partial charge < -0.3 is 25.2 Å². The number of carbonyl (C=O) groups excluding carboxylic acids is 2. The van der Waals surface area contributed by atoms with Crippen molar-refractivity contribution in [3.8, 4) is 5.75 Å². The summed E-state index contributed by atoms with van der Waals surface area (Å²) in [5, 5.41) is 18.8. The highest BCUT2D eigenvalue weighted by atomic mass is 19.4. The highest BCUT2D eigenvalue weighted by molar-refractivity contribution is 6.06. The van der Waals surface area contributed by atoms with E-state index in [1.165, 1.54) is 12.1 Å². The van der Waals surface area contributed by atoms with Crippen molar-refractivity contribution in [2.45, 2.75) is 52.6 Å². The predicted octanol–water partition coefficient (Wildman–Crippen LogP) is 2.61. The number of hydrogen-bond acceptors (Lipinski definition) is 6. The Morgan fingerprint density at radius 3 is 2.54 bits per heavy atom. The molecule has 0 saturated carbocycles. The molecule has 12 heteroatoms. The highest BCUT2D eigenvalue weighted by Crippen LogP contribution is 2.30. The first-order valence-electron chi connectivity index (χ1n) is 11.4. The van der Waals surface area contributed by atoms with E-state index in [9.17, 15) is 22.8 Å². The number of amides is 2. The van der Waals surface area contributed by atoms with E-state index < -0.39 is 35.4 Å². The SMILES string of the molecule is CC(C)(C)C(NC(=O)c1nn(CC2CCOCC2)c2ccc(OC(F)(F)F)cc12)C(=O)NCCO. The highest BCUT2D eigenvalue weighted by Gasteiger charge is 2.35. The standard InChI is InChI=1S/C23H31F3N4O5/c1-22(2,3)19(21(33)27-8-9-31)28-20(32)18-16-12-15(35-23(24,25)26)4-5-17(16)30(29-18)13-14-6-10-34-11-7-14/h4-5,12,14,19,31H,6-11,13H2,1-3H3,(H,27,33)(H,28,32). The van der Waals surface area contributed by atoms with Crippen LogP contribution in [0.2, 0.25) is 0 Å². The van der Waals surface area contributed by atoms with Crippen LogP contribution in [0.1, 0.15) is 44.1 Å². The predicted molar refractivity (Wildman–Crippen MR) is 121 cm³/mol. The molecular formula is C23H31F3N4O5. The molecule has 3 rings (SSSR count). The van der Waals surface area contributed by atoms with Crippen LogP contribution in [0.15, 0.2) is 18.2 Å². The van der Waals surface area contributed by atoms with Gasteiger partial charge in [0.15, 0.2) is 5.69 Å². The summed E-state index contributed by atoms with van der Waals surface area (Å²) in [4.78, 5) is 25.9. The molecule has 1 aromatic heterocycles. The van der Waals surface area contributed by atoms with Gasteiger partial charge in [-0.2, -0.15) is 5.10 Å². The number of benzene rings is 1. The lowest BCUT2D eigenvalue weighted by Gasteiger charge is -2.30. The fourth-order valence-corrected chi connectivity index (χ4v) is 3.99. The van der Waals surface area contributed by atoms with Crippen molar-refractivity contribution in [2.24, 2.45) is 11.3 Å². The van der Waals surface area contributed by atoms with Crippen molar-refractivity contribution < 1.29 is 37.3 Å². The largest absolute Gasteiger partial charge is 0.573 e. The van der Waals surface area contributed by atoms with Gasteiger partial charge >= 0.3 is 6.36 Å². The third kappa shape index (κ3) is 7.07. The molecule has 2 aromatic rings. The van der Waals surface area contributed by atoms with E-state index in [-0.39, 0.29) is 30.1 Å². The molecule has 1 fully saturated rings. The molecule has 1 aliphatic rings. The van der Waals surface area contributed by atoms with Gasteiger partial charge in [-0.3, -0.25) is 14.3 Å². The Hall–Kier alpha value is -2.86. The summed E-state index contributed by atoms with van der Waals surface area (Å²) in [6, 6.07) is 2.77. The van der Waals surface area contributed by atoms with E-state index >= 15 is 0 Å². The maximum Gasteiger partial charge on any atom is 0.573 e. The van der Waals surface area contributed by atoms with Crippen molar-refractivity contribution >= 4 is 22.7 Å². The molecule has 2 amide bonds. The number of fused-ring (bicyclic) bond motifs is 1. The van der Waals surface area contributed by atoms with Crippen LogP contribution in [0, 0.1) is 11.3 Å². The summed E-state index contributed by atoms with van der Waals surface area (Å²) in [5.41, 5.74) is -0.322. The molecule has 0 aliphatic carbocycles. The van der Waals surface area contributed by atoms with E-state index in [0.29, 0.717) is 25.3 Å². The number of aromatic nitrogens is 2. The number of rotatable bonds is 8. The molecule has 1 unspecified atom stereocenters. The molecule has 9 nitrogen and oxygen atoms in total. The van der Waals surface area contributed by atoms with Crippen LogP contribution in [-0.2, 0) is 16.1 Å². The van der Waals surface area contributed by atoms with Crippen LogP contribution in [0.3, 0.4) is 0 Å². The summed E-state index contributed by atoms with van der Waals surface area (Å²) in [5.74, 6) is -1.44. The molecule has 1 atom stereocenters. The lowest BCUT2D eigenvalue weighted by atomic mass is 9.86. The molecule has 0 radical (unpaired) electrons. The van der Waals surface area contributed by atoms with Gasteiger partial charge in [-0.05, 0) is 42.4 Å². The van der Waals surface area contributed by atoms with E-state index in [2.05, 4.69) is 20.5 Å². The molecule has 0 bridgehead atoms. The number of hydrogen-bond donors (Lipinski definition) is 3. The molecule has 1 aliphatic heterocycles. The normalized spacial score (nSPS) is 16.2. The van der Waals surface area contributed by atoms with Crippen LogP contribution in [0.5, 0.6) is 5.75 Å². The second-order valence-corrected chi connectivity index (χ2v) is 9.60. The number of ether oxygens (including phenoxy) is 2. The Labute approximate surface area is 200 Å². The first-order chi connectivity index (χ1) is 16.4. The number of nitrogens with one attached hydrogen (secondary N) is 2. The zero-order valence-electron chi connectivity index (χ0n) is 19.9. The summed E-state index contributed by atoms with van der Waals surface area (Å²) < 4.78 is 49.5. The molecule has 2 heterocycles. The van der Waals surface area contributed by atoms with Crippen molar-refractivity contribution in [3.05, 3.63) is 23.9 Å². The average Bonchev–Trinajstić information content (AvgIpc) is 3.12. The second-order valence-electron chi connectivity index (χ2n) is 9.60. The third-order valence-corrected chi connectivity index (χ3v) is 5.76. The van der Waals surface area contributed by atoms with Crippen LogP contribution >= 0.6 is 0 Å². The molecule has 1 aromatic carbocycles. The van der Waals surface area contributed by atoms with Crippen molar-refractivity contribution in [1.82, 2.24) is 20.4 Å². The Bertz CT molecular complexity index is 1040. The molecule has 3 N–H and O–H groups in total. The van der Waals surface area contributed by atoms with E-state index in [4.69, 9.17) is 9.84 Å². The van der Waals surface area contributed by atoms with E-state index in [1.54, 1.807) is 25.5 Å². The van der Waals surface area contributed by atoms with Gasteiger partial charge in [0.2, 0.25) is 5.91 Å². The van der Waals surface area contributed by atoms with Crippen LogP contribution in [0.25, 0.3) is 10.9 Å². The maximum atomic E-state index is 13.3. The summed E-state index contributed by atoms with van der Waals surface area (Å²) >= 11 is 0. The number of aliphatic hydroxyl groups excluding tert-OH is 1. The number of halogens is 3. The zero-order chi connectivity index (χ0) is 25.8. The minimum Gasteiger partial charge on any atom is -0.406 e. The van der Waals surface area contributed by atoms with Crippen LogP contribution in [-0.4, -0.2) is 65.5 Å². The Morgan fingerprint density at radius 1 is 1.26 bits per heavy atom. The molecule has 1 saturated heterocycles.